The molecule has 3 aliphatic heterocycles. The Hall–Kier alpha value is -3.24. The van der Waals surface area contributed by atoms with Crippen LogP contribution in [0.15, 0.2) is 91.3 Å². The Morgan fingerprint density at radius 1 is 0.931 bits per heavy atom. The number of fused-ring (bicyclic) bond motifs is 1. The van der Waals surface area contributed by atoms with E-state index >= 15 is 0 Å². The van der Waals surface area contributed by atoms with Gasteiger partial charge < -0.3 is 9.64 Å². The molecule has 2 bridgehead atoms. The fourth-order valence-corrected chi connectivity index (χ4v) is 5.15. The van der Waals surface area contributed by atoms with Gasteiger partial charge in [0.05, 0.1) is 18.6 Å². The van der Waals surface area contributed by atoms with E-state index in [9.17, 15) is 4.79 Å². The monoisotopic (exact) mass is 380 g/mol. The number of benzene rings is 2. The summed E-state index contributed by atoms with van der Waals surface area (Å²) >= 11 is 0. The van der Waals surface area contributed by atoms with Gasteiger partial charge in [0, 0.05) is 24.0 Å². The van der Waals surface area contributed by atoms with Gasteiger partial charge in [-0.25, -0.2) is 0 Å². The van der Waals surface area contributed by atoms with E-state index in [-0.39, 0.29) is 23.8 Å². The van der Waals surface area contributed by atoms with Gasteiger partial charge in [0.2, 0.25) is 5.91 Å². The first-order valence-corrected chi connectivity index (χ1v) is 9.99. The average molecular weight is 380 g/mol. The second-order valence-electron chi connectivity index (χ2n) is 8.02. The first kappa shape index (κ1) is 16.7. The van der Waals surface area contributed by atoms with Crippen molar-refractivity contribution in [2.45, 2.75) is 17.6 Å². The van der Waals surface area contributed by atoms with Gasteiger partial charge in [-0.15, -0.1) is 0 Å². The Morgan fingerprint density at radius 3 is 2.41 bits per heavy atom. The number of carbonyl (C=O) groups excluding carboxylic acids is 1. The normalized spacial score (nSPS) is 29.4. The highest BCUT2D eigenvalue weighted by molar-refractivity contribution is 6.00. The third-order valence-corrected chi connectivity index (χ3v) is 6.48. The second kappa shape index (κ2) is 6.13. The van der Waals surface area contributed by atoms with Crippen molar-refractivity contribution in [2.75, 3.05) is 11.4 Å². The largest absolute Gasteiger partial charge is 0.360 e. The molecule has 2 aromatic carbocycles. The summed E-state index contributed by atoms with van der Waals surface area (Å²) in [5.41, 5.74) is 3.84. The standard InChI is InChI=1S/C25H20N2O2/c28-24-23-22(19-11-14-26-15-12-19)21-10-13-25(23,29-21)16-27(24)20-8-6-18(7-9-20)17-4-2-1-3-5-17/h1-15,21-23H,16H2/t21-,22+,23-,25?/m1/s1. The minimum absolute atomic E-state index is 0.0334. The van der Waals surface area contributed by atoms with Crippen LogP contribution in [0.5, 0.6) is 0 Å². The molecule has 142 valence electrons. The van der Waals surface area contributed by atoms with E-state index < -0.39 is 5.60 Å². The molecule has 1 aromatic heterocycles. The molecular formula is C25H20N2O2. The van der Waals surface area contributed by atoms with Gasteiger partial charge in [0.1, 0.15) is 5.60 Å². The molecular weight excluding hydrogens is 360 g/mol. The third kappa shape index (κ3) is 2.42. The predicted molar refractivity (Wildman–Crippen MR) is 111 cm³/mol. The fraction of sp³-hybridized carbons (Fsp3) is 0.200. The maximum atomic E-state index is 13.5. The van der Waals surface area contributed by atoms with E-state index in [0.717, 1.165) is 16.8 Å². The van der Waals surface area contributed by atoms with E-state index in [1.165, 1.54) is 5.56 Å². The summed E-state index contributed by atoms with van der Waals surface area (Å²) in [5, 5.41) is 0. The van der Waals surface area contributed by atoms with E-state index in [0.29, 0.717) is 6.54 Å². The van der Waals surface area contributed by atoms with Crippen molar-refractivity contribution in [1.29, 1.82) is 0 Å². The number of hydrogen-bond donors (Lipinski definition) is 0. The van der Waals surface area contributed by atoms with Crippen LogP contribution < -0.4 is 4.90 Å². The first-order valence-electron chi connectivity index (χ1n) is 9.99. The molecule has 1 spiro atoms. The summed E-state index contributed by atoms with van der Waals surface area (Å²) in [7, 11) is 0. The molecule has 0 aliphatic carbocycles. The number of anilines is 1. The van der Waals surface area contributed by atoms with Crippen molar-refractivity contribution in [2.24, 2.45) is 5.92 Å². The Balaban J connectivity index is 1.33. The van der Waals surface area contributed by atoms with E-state index in [4.69, 9.17) is 4.74 Å². The Labute approximate surface area is 169 Å². The number of pyridine rings is 1. The molecule has 6 rings (SSSR count). The van der Waals surface area contributed by atoms with Gasteiger partial charge >= 0.3 is 0 Å². The molecule has 4 heteroatoms. The molecule has 0 radical (unpaired) electrons. The lowest BCUT2D eigenvalue weighted by Crippen LogP contribution is -2.34. The smallest absolute Gasteiger partial charge is 0.234 e. The number of hydrogen-bond acceptors (Lipinski definition) is 3. The zero-order valence-electron chi connectivity index (χ0n) is 15.8. The van der Waals surface area contributed by atoms with Crippen LogP contribution in [-0.2, 0) is 9.53 Å². The highest BCUT2D eigenvalue weighted by Crippen LogP contribution is 2.56. The molecule has 3 aliphatic rings. The summed E-state index contributed by atoms with van der Waals surface area (Å²) in [6, 6.07) is 22.5. The maximum absolute atomic E-state index is 13.5. The average Bonchev–Trinajstić information content (AvgIpc) is 3.43. The first-order chi connectivity index (χ1) is 14.3. The minimum Gasteiger partial charge on any atom is -0.360 e. The van der Waals surface area contributed by atoms with Crippen LogP contribution in [0.3, 0.4) is 0 Å². The van der Waals surface area contributed by atoms with Gasteiger partial charge in [-0.05, 0) is 41.0 Å². The van der Waals surface area contributed by atoms with Crippen LogP contribution in [-0.4, -0.2) is 29.1 Å². The summed E-state index contributed by atoms with van der Waals surface area (Å²) < 4.78 is 6.37. The second-order valence-corrected chi connectivity index (χ2v) is 8.02. The van der Waals surface area contributed by atoms with E-state index in [1.54, 1.807) is 12.4 Å². The predicted octanol–water partition coefficient (Wildman–Crippen LogP) is 4.20. The Bertz CT molecular complexity index is 1090. The van der Waals surface area contributed by atoms with Gasteiger partial charge in [-0.1, -0.05) is 54.6 Å². The van der Waals surface area contributed by atoms with Gasteiger partial charge in [0.15, 0.2) is 0 Å². The van der Waals surface area contributed by atoms with Crippen LogP contribution in [0, 0.1) is 5.92 Å². The van der Waals surface area contributed by atoms with Gasteiger partial charge in [-0.2, -0.15) is 0 Å². The molecule has 4 nitrogen and oxygen atoms in total. The number of amides is 1. The fourth-order valence-electron chi connectivity index (χ4n) is 5.15. The number of rotatable bonds is 3. The lowest BCUT2D eigenvalue weighted by molar-refractivity contribution is -0.121. The number of carbonyl (C=O) groups is 1. The summed E-state index contributed by atoms with van der Waals surface area (Å²) in [5.74, 6) is 0.00363. The van der Waals surface area contributed by atoms with Crippen LogP contribution in [0.1, 0.15) is 11.5 Å². The van der Waals surface area contributed by atoms with Crippen molar-refractivity contribution in [3.8, 4) is 11.1 Å². The Morgan fingerprint density at radius 2 is 1.66 bits per heavy atom. The van der Waals surface area contributed by atoms with Gasteiger partial charge in [-0.3, -0.25) is 9.78 Å². The molecule has 0 saturated carbocycles. The maximum Gasteiger partial charge on any atom is 0.234 e. The minimum atomic E-state index is -0.520. The summed E-state index contributed by atoms with van der Waals surface area (Å²) in [6.45, 7) is 0.565. The SMILES string of the molecule is O=C1[C@H]2[C@@H](c3ccncc3)[C@H]3C=CC2(CN1c1ccc(-c2ccccc2)cc1)O3. The molecule has 2 fully saturated rings. The lowest BCUT2D eigenvalue weighted by atomic mass is 9.74. The highest BCUT2D eigenvalue weighted by Gasteiger charge is 2.65. The molecule has 2 saturated heterocycles. The molecule has 4 heterocycles. The topological polar surface area (TPSA) is 42.4 Å². The van der Waals surface area contributed by atoms with Crippen LogP contribution >= 0.6 is 0 Å². The highest BCUT2D eigenvalue weighted by atomic mass is 16.5. The number of nitrogens with zero attached hydrogens (tertiary/aromatic N) is 2. The lowest BCUT2D eigenvalue weighted by Gasteiger charge is -2.24. The van der Waals surface area contributed by atoms with Crippen LogP contribution in [0.2, 0.25) is 0 Å². The molecule has 1 amide bonds. The molecule has 1 unspecified atom stereocenters. The van der Waals surface area contributed by atoms with E-state index in [2.05, 4.69) is 41.4 Å². The van der Waals surface area contributed by atoms with Crippen molar-refractivity contribution in [3.63, 3.8) is 0 Å². The van der Waals surface area contributed by atoms with Crippen molar-refractivity contribution in [3.05, 3.63) is 96.8 Å². The summed E-state index contributed by atoms with van der Waals surface area (Å²) in [4.78, 5) is 19.5. The zero-order chi connectivity index (χ0) is 19.4. The Kier molecular flexibility index (Phi) is 3.53. The number of aromatic nitrogens is 1. The van der Waals surface area contributed by atoms with Crippen molar-refractivity contribution < 1.29 is 9.53 Å². The van der Waals surface area contributed by atoms with E-state index in [1.807, 2.05) is 47.4 Å². The molecule has 3 aromatic rings. The number of ether oxygens (including phenoxy) is 1. The molecule has 4 atom stereocenters. The van der Waals surface area contributed by atoms with Gasteiger partial charge in [0.25, 0.3) is 0 Å². The van der Waals surface area contributed by atoms with Crippen LogP contribution in [0.25, 0.3) is 11.1 Å². The molecule has 29 heavy (non-hydrogen) atoms. The van der Waals surface area contributed by atoms with Crippen molar-refractivity contribution in [1.82, 2.24) is 4.98 Å². The quantitative estimate of drug-likeness (QED) is 0.640. The third-order valence-electron chi connectivity index (χ3n) is 6.48. The molecule has 0 N–H and O–H groups in total. The summed E-state index contributed by atoms with van der Waals surface area (Å²) in [6.07, 6.45) is 7.77. The van der Waals surface area contributed by atoms with Crippen molar-refractivity contribution >= 4 is 11.6 Å². The zero-order valence-corrected chi connectivity index (χ0v) is 15.8. The van der Waals surface area contributed by atoms with Crippen LogP contribution in [0.4, 0.5) is 5.69 Å².